The van der Waals surface area contributed by atoms with Gasteiger partial charge in [-0.15, -0.1) is 0 Å². The number of urea groups is 1. The van der Waals surface area contributed by atoms with Crippen molar-refractivity contribution in [3.8, 4) is 82.9 Å². The van der Waals surface area contributed by atoms with Crippen molar-refractivity contribution in [2.24, 2.45) is 10.9 Å². The summed E-state index contributed by atoms with van der Waals surface area (Å²) in [6, 6.07) is 4.94. The number of carbonyl (C=O) groups is 2. The average Bonchev–Trinajstić information content (AvgIpc) is 2.83. The normalized spacial score (nSPS) is 14.5. The van der Waals surface area contributed by atoms with Crippen LogP contribution in [0.25, 0.3) is 0 Å². The first-order valence-electron chi connectivity index (χ1n) is 10.5. The Labute approximate surface area is 206 Å². The third-order valence-electron chi connectivity index (χ3n) is 4.76. The molecule has 1 heterocycles. The Morgan fingerprint density at radius 2 is 1.54 bits per heavy atom. The van der Waals surface area contributed by atoms with Gasteiger partial charge in [-0.3, -0.25) is 4.79 Å². The van der Waals surface area contributed by atoms with E-state index in [1.165, 1.54) is 0 Å². The molecule has 1 N–H and O–H groups in total. The maximum Gasteiger partial charge on any atom is 0.341 e. The number of ether oxygens (including phenoxy) is 1. The molecule has 35 heavy (non-hydrogen) atoms. The predicted octanol–water partition coefficient (Wildman–Crippen LogP) is 2.79. The standard InChI is InChI=1S/C30H20N2O3/c1-4-5-6-7-8-9-10-11-12-13-14-15-16-19-26-20-17-18-24(2)28(26)29-27(21-22-35-23-33)25(3)31-30(34)32-29/h17-18,20,23,27,29H,21-22H2,1-3H3,(H,32,34). The number of amides is 2. The second-order valence-electron chi connectivity index (χ2n) is 6.95. The minimum atomic E-state index is -0.412. The molecular formula is C30H20N2O3. The first kappa shape index (κ1) is 26.0. The lowest BCUT2D eigenvalue weighted by molar-refractivity contribution is -0.128. The molecule has 0 saturated heterocycles. The van der Waals surface area contributed by atoms with Gasteiger partial charge in [-0.05, 0) is 115 Å². The van der Waals surface area contributed by atoms with E-state index < -0.39 is 6.03 Å². The van der Waals surface area contributed by atoms with Crippen molar-refractivity contribution in [2.75, 3.05) is 6.61 Å². The quantitative estimate of drug-likeness (QED) is 0.421. The molecule has 2 amide bonds. The van der Waals surface area contributed by atoms with Crippen LogP contribution >= 0.6 is 0 Å². The highest BCUT2D eigenvalue weighted by Crippen LogP contribution is 2.33. The van der Waals surface area contributed by atoms with Crippen LogP contribution in [0.1, 0.15) is 43.0 Å². The second-order valence-corrected chi connectivity index (χ2v) is 6.95. The summed E-state index contributed by atoms with van der Waals surface area (Å²) in [7, 11) is 0. The Kier molecular flexibility index (Phi) is 11.0. The fourth-order valence-electron chi connectivity index (χ4n) is 3.32. The van der Waals surface area contributed by atoms with Crippen molar-refractivity contribution >= 4 is 18.2 Å². The SMILES string of the molecule is CC#CC#CC#CC#CC#CC#CC#Cc1cccc(C)c1C1NC(=O)N=C(C)C1CCOC=O. The van der Waals surface area contributed by atoms with Crippen LogP contribution in [0.3, 0.4) is 0 Å². The molecule has 0 saturated carbocycles. The van der Waals surface area contributed by atoms with Crippen LogP contribution < -0.4 is 5.32 Å². The molecule has 1 aromatic rings. The number of hydrogen-bond donors (Lipinski definition) is 1. The molecule has 2 rings (SSSR count). The lowest BCUT2D eigenvalue weighted by Gasteiger charge is -2.32. The van der Waals surface area contributed by atoms with E-state index >= 15 is 0 Å². The van der Waals surface area contributed by atoms with Crippen LogP contribution in [0.2, 0.25) is 0 Å². The molecule has 0 bridgehead atoms. The van der Waals surface area contributed by atoms with Gasteiger partial charge in [0.15, 0.2) is 0 Å². The Morgan fingerprint density at radius 1 is 0.943 bits per heavy atom. The summed E-state index contributed by atoms with van der Waals surface area (Å²) in [5.41, 5.74) is 3.26. The summed E-state index contributed by atoms with van der Waals surface area (Å²) in [6.45, 7) is 6.08. The highest BCUT2D eigenvalue weighted by molar-refractivity contribution is 5.98. The molecule has 5 heteroatoms. The first-order chi connectivity index (χ1) is 17.1. The smallest absolute Gasteiger partial charge is 0.341 e. The van der Waals surface area contributed by atoms with Crippen molar-refractivity contribution in [3.05, 3.63) is 34.9 Å². The highest BCUT2D eigenvalue weighted by Gasteiger charge is 2.33. The number of aryl methyl sites for hydroxylation is 1. The molecule has 1 aliphatic heterocycles. The van der Waals surface area contributed by atoms with Crippen molar-refractivity contribution in [2.45, 2.75) is 33.2 Å². The maximum atomic E-state index is 12.2. The molecule has 168 valence electrons. The van der Waals surface area contributed by atoms with E-state index in [0.29, 0.717) is 18.6 Å². The lowest BCUT2D eigenvalue weighted by atomic mass is 9.82. The lowest BCUT2D eigenvalue weighted by Crippen LogP contribution is -2.41. The molecular weight excluding hydrogens is 436 g/mol. The van der Waals surface area contributed by atoms with Gasteiger partial charge < -0.3 is 10.1 Å². The van der Waals surface area contributed by atoms with E-state index in [-0.39, 0.29) is 18.6 Å². The van der Waals surface area contributed by atoms with Gasteiger partial charge in [0.1, 0.15) is 0 Å². The molecule has 5 nitrogen and oxygen atoms in total. The largest absolute Gasteiger partial charge is 0.468 e. The van der Waals surface area contributed by atoms with Crippen LogP contribution in [0, 0.1) is 95.7 Å². The zero-order valence-electron chi connectivity index (χ0n) is 19.6. The number of carbonyl (C=O) groups excluding carboxylic acids is 2. The summed E-state index contributed by atoms with van der Waals surface area (Å²) in [5, 5.41) is 2.93. The molecule has 2 atom stereocenters. The average molecular weight is 457 g/mol. The van der Waals surface area contributed by atoms with Crippen LogP contribution in [0.5, 0.6) is 0 Å². The van der Waals surface area contributed by atoms with Gasteiger partial charge in [-0.2, -0.15) is 0 Å². The first-order valence-corrected chi connectivity index (χ1v) is 10.5. The minimum Gasteiger partial charge on any atom is -0.468 e. The van der Waals surface area contributed by atoms with Crippen molar-refractivity contribution < 1.29 is 14.3 Å². The van der Waals surface area contributed by atoms with E-state index in [0.717, 1.165) is 16.7 Å². The third-order valence-corrected chi connectivity index (χ3v) is 4.76. The monoisotopic (exact) mass is 456 g/mol. The fourth-order valence-corrected chi connectivity index (χ4v) is 3.32. The Balaban J connectivity index is 2.23. The summed E-state index contributed by atoms with van der Waals surface area (Å²) in [5.74, 6) is 36.7. The number of benzene rings is 1. The Hall–Kier alpha value is -5.25. The zero-order chi connectivity index (χ0) is 25.3. The summed E-state index contributed by atoms with van der Waals surface area (Å²) in [6.07, 6.45) is 0.514. The molecule has 0 spiro atoms. The minimum absolute atomic E-state index is 0.140. The van der Waals surface area contributed by atoms with Crippen molar-refractivity contribution in [1.29, 1.82) is 0 Å². The molecule has 0 aromatic heterocycles. The third kappa shape index (κ3) is 8.66. The fraction of sp³-hybridized carbons (Fsp3) is 0.233. The van der Waals surface area contributed by atoms with Gasteiger partial charge >= 0.3 is 6.03 Å². The van der Waals surface area contributed by atoms with Gasteiger partial charge in [0.2, 0.25) is 0 Å². The van der Waals surface area contributed by atoms with E-state index in [4.69, 9.17) is 4.74 Å². The Morgan fingerprint density at radius 3 is 2.14 bits per heavy atom. The molecule has 0 aliphatic carbocycles. The number of hydrogen-bond acceptors (Lipinski definition) is 3. The van der Waals surface area contributed by atoms with Crippen molar-refractivity contribution in [1.82, 2.24) is 5.32 Å². The summed E-state index contributed by atoms with van der Waals surface area (Å²) >= 11 is 0. The molecule has 0 radical (unpaired) electrons. The van der Waals surface area contributed by atoms with Crippen LogP contribution in [0.15, 0.2) is 23.2 Å². The van der Waals surface area contributed by atoms with E-state index in [1.807, 2.05) is 25.1 Å². The van der Waals surface area contributed by atoms with Crippen molar-refractivity contribution in [3.63, 3.8) is 0 Å². The van der Waals surface area contributed by atoms with Gasteiger partial charge in [0.05, 0.1) is 12.6 Å². The van der Waals surface area contributed by atoms with Crippen LogP contribution in [-0.2, 0) is 9.53 Å². The van der Waals surface area contributed by atoms with E-state index in [2.05, 4.69) is 93.2 Å². The van der Waals surface area contributed by atoms with Gasteiger partial charge in [-0.1, -0.05) is 24.0 Å². The Bertz CT molecular complexity index is 1470. The number of aliphatic imine (C=N–C) groups is 1. The number of nitrogens with zero attached hydrogens (tertiary/aromatic N) is 1. The summed E-state index contributed by atoms with van der Waals surface area (Å²) < 4.78 is 4.87. The number of nitrogens with one attached hydrogen (secondary N) is 1. The van der Waals surface area contributed by atoms with E-state index in [9.17, 15) is 9.59 Å². The zero-order valence-corrected chi connectivity index (χ0v) is 19.6. The molecule has 0 fully saturated rings. The van der Waals surface area contributed by atoms with Gasteiger partial charge in [0.25, 0.3) is 6.47 Å². The van der Waals surface area contributed by atoms with Crippen LogP contribution in [0.4, 0.5) is 4.79 Å². The maximum absolute atomic E-state index is 12.2. The summed E-state index contributed by atoms with van der Waals surface area (Å²) in [4.78, 5) is 26.7. The van der Waals surface area contributed by atoms with Gasteiger partial charge in [-0.25, -0.2) is 9.79 Å². The second kappa shape index (κ2) is 14.7. The predicted molar refractivity (Wildman–Crippen MR) is 135 cm³/mol. The van der Waals surface area contributed by atoms with E-state index in [1.54, 1.807) is 13.8 Å². The molecule has 1 aromatic carbocycles. The van der Waals surface area contributed by atoms with Gasteiger partial charge in [0, 0.05) is 17.2 Å². The number of rotatable bonds is 5. The van der Waals surface area contributed by atoms with Crippen LogP contribution in [-0.4, -0.2) is 24.8 Å². The topological polar surface area (TPSA) is 67.8 Å². The highest BCUT2D eigenvalue weighted by atomic mass is 16.5. The molecule has 1 aliphatic rings. The molecule has 2 unspecified atom stereocenters.